The Hall–Kier alpha value is -2.15. The lowest BCUT2D eigenvalue weighted by molar-refractivity contribution is -0.427. The van der Waals surface area contributed by atoms with Gasteiger partial charge in [-0.3, -0.25) is 4.79 Å². The lowest BCUT2D eigenvalue weighted by atomic mass is 9.94. The molecular formula is C16H24FN4O2+. The molecule has 1 aliphatic rings. The Morgan fingerprint density at radius 1 is 1.39 bits per heavy atom. The van der Waals surface area contributed by atoms with Crippen LogP contribution in [0, 0.1) is 11.7 Å². The number of amides is 3. The Morgan fingerprint density at radius 2 is 2.17 bits per heavy atom. The second-order valence-electron chi connectivity index (χ2n) is 5.94. The van der Waals surface area contributed by atoms with E-state index >= 15 is 0 Å². The smallest absolute Gasteiger partial charge is 0.317 e. The van der Waals surface area contributed by atoms with Crippen LogP contribution in [0.15, 0.2) is 24.3 Å². The van der Waals surface area contributed by atoms with Gasteiger partial charge in [0.25, 0.3) is 0 Å². The van der Waals surface area contributed by atoms with Crippen molar-refractivity contribution in [3.8, 4) is 0 Å². The van der Waals surface area contributed by atoms with Crippen LogP contribution in [0.2, 0.25) is 0 Å². The number of likely N-dealkylation sites (tertiary alicyclic amines) is 1. The van der Waals surface area contributed by atoms with E-state index in [1.165, 1.54) is 12.1 Å². The van der Waals surface area contributed by atoms with E-state index in [1.807, 2.05) is 6.92 Å². The Balaban J connectivity index is 1.97. The topological polar surface area (TPSA) is 89.1 Å². The minimum atomic E-state index is -0.401. The monoisotopic (exact) mass is 323 g/mol. The second-order valence-corrected chi connectivity index (χ2v) is 5.94. The highest BCUT2D eigenvalue weighted by molar-refractivity contribution is 5.93. The number of quaternary nitrogens is 1. The van der Waals surface area contributed by atoms with Gasteiger partial charge in [-0.15, -0.1) is 0 Å². The molecule has 2 atom stereocenters. The number of rotatable bonds is 4. The molecule has 6 nitrogen and oxygen atoms in total. The number of nitrogens with zero attached hydrogens (tertiary/aromatic N) is 1. The number of hydrogen-bond donors (Lipinski definition) is 3. The number of anilines is 1. The van der Waals surface area contributed by atoms with Crippen molar-refractivity contribution in [3.05, 3.63) is 30.1 Å². The zero-order valence-electron chi connectivity index (χ0n) is 13.3. The van der Waals surface area contributed by atoms with Gasteiger partial charge in [0.15, 0.2) is 0 Å². The summed E-state index contributed by atoms with van der Waals surface area (Å²) < 4.78 is 13.2. The summed E-state index contributed by atoms with van der Waals surface area (Å²) in [6.07, 6.45) is 1.47. The molecule has 1 aliphatic heterocycles. The summed E-state index contributed by atoms with van der Waals surface area (Å²) in [6.45, 7) is 3.48. The van der Waals surface area contributed by atoms with E-state index in [0.717, 1.165) is 6.42 Å². The molecule has 1 aromatic rings. The fraction of sp³-hybridized carbons (Fsp3) is 0.500. The third kappa shape index (κ3) is 4.92. The van der Waals surface area contributed by atoms with Crippen molar-refractivity contribution in [2.24, 2.45) is 5.92 Å². The number of urea groups is 1. The van der Waals surface area contributed by atoms with Crippen LogP contribution < -0.4 is 16.4 Å². The molecule has 3 amide bonds. The molecule has 2 unspecified atom stereocenters. The third-order valence-electron chi connectivity index (χ3n) is 3.81. The number of piperidine rings is 1. The zero-order chi connectivity index (χ0) is 16.8. The van der Waals surface area contributed by atoms with Crippen LogP contribution >= 0.6 is 0 Å². The van der Waals surface area contributed by atoms with Crippen LogP contribution in [0.5, 0.6) is 0 Å². The highest BCUT2D eigenvalue weighted by atomic mass is 19.1. The van der Waals surface area contributed by atoms with Gasteiger partial charge in [0.2, 0.25) is 5.91 Å². The van der Waals surface area contributed by atoms with Crippen LogP contribution in [-0.4, -0.2) is 42.5 Å². The van der Waals surface area contributed by atoms with Gasteiger partial charge in [-0.2, -0.15) is 0 Å². The van der Waals surface area contributed by atoms with Crippen molar-refractivity contribution in [2.75, 3.05) is 25.0 Å². The highest BCUT2D eigenvalue weighted by Gasteiger charge is 2.34. The van der Waals surface area contributed by atoms with Crippen molar-refractivity contribution >= 4 is 17.6 Å². The second kappa shape index (κ2) is 7.92. The molecule has 23 heavy (non-hydrogen) atoms. The van der Waals surface area contributed by atoms with Crippen molar-refractivity contribution in [2.45, 2.75) is 25.8 Å². The van der Waals surface area contributed by atoms with Gasteiger partial charge in [0.05, 0.1) is 12.5 Å². The van der Waals surface area contributed by atoms with E-state index in [1.54, 1.807) is 17.0 Å². The molecule has 7 heteroatoms. The maximum atomic E-state index is 13.2. The SMILES string of the molecule is CCCNC(=O)N1CC([NH3+])CC(C(=O)Nc2cccc(F)c2)C1. The molecule has 0 bridgehead atoms. The lowest BCUT2D eigenvalue weighted by Gasteiger charge is -2.33. The standard InChI is InChI=1S/C16H23FN4O2/c1-2-6-19-16(23)21-9-11(7-13(18)10-21)15(22)20-14-5-3-4-12(17)8-14/h3-5,8,11,13H,2,6-7,9-10,18H2,1H3,(H,19,23)(H,20,22)/p+1. The summed E-state index contributed by atoms with van der Waals surface area (Å²) in [5.41, 5.74) is 4.42. The Kier molecular flexibility index (Phi) is 5.92. The number of halogens is 1. The van der Waals surface area contributed by atoms with Crippen molar-refractivity contribution in [1.29, 1.82) is 0 Å². The molecule has 1 fully saturated rings. The number of benzene rings is 1. The Labute approximate surface area is 135 Å². The van der Waals surface area contributed by atoms with E-state index in [4.69, 9.17) is 0 Å². The average molecular weight is 323 g/mol. The molecule has 1 saturated heterocycles. The van der Waals surface area contributed by atoms with Crippen LogP contribution in [0.1, 0.15) is 19.8 Å². The molecule has 126 valence electrons. The Morgan fingerprint density at radius 3 is 2.87 bits per heavy atom. The maximum Gasteiger partial charge on any atom is 0.317 e. The number of carbonyl (C=O) groups excluding carboxylic acids is 2. The van der Waals surface area contributed by atoms with Crippen molar-refractivity contribution in [3.63, 3.8) is 0 Å². The lowest BCUT2D eigenvalue weighted by Crippen LogP contribution is -2.70. The molecule has 5 N–H and O–H groups in total. The summed E-state index contributed by atoms with van der Waals surface area (Å²) in [6, 6.07) is 5.61. The van der Waals surface area contributed by atoms with Gasteiger partial charge < -0.3 is 21.3 Å². The molecule has 0 saturated carbocycles. The predicted molar refractivity (Wildman–Crippen MR) is 85.1 cm³/mol. The molecule has 1 aromatic carbocycles. The normalized spacial score (nSPS) is 20.9. The van der Waals surface area contributed by atoms with Gasteiger partial charge in [-0.25, -0.2) is 9.18 Å². The van der Waals surface area contributed by atoms with E-state index in [0.29, 0.717) is 31.7 Å². The summed E-state index contributed by atoms with van der Waals surface area (Å²) in [7, 11) is 0. The third-order valence-corrected chi connectivity index (χ3v) is 3.81. The van der Waals surface area contributed by atoms with Gasteiger partial charge in [-0.05, 0) is 24.6 Å². The van der Waals surface area contributed by atoms with Crippen LogP contribution in [0.4, 0.5) is 14.9 Å². The number of hydrogen-bond acceptors (Lipinski definition) is 2. The molecule has 2 rings (SSSR count). The van der Waals surface area contributed by atoms with E-state index in [-0.39, 0.29) is 23.9 Å². The quantitative estimate of drug-likeness (QED) is 0.766. The van der Waals surface area contributed by atoms with Crippen molar-refractivity contribution in [1.82, 2.24) is 10.2 Å². The van der Waals surface area contributed by atoms with Gasteiger partial charge >= 0.3 is 6.03 Å². The summed E-state index contributed by atoms with van der Waals surface area (Å²) >= 11 is 0. The number of nitrogens with one attached hydrogen (secondary N) is 2. The van der Waals surface area contributed by atoms with Crippen LogP contribution in [0.25, 0.3) is 0 Å². The molecular weight excluding hydrogens is 299 g/mol. The fourth-order valence-corrected chi connectivity index (χ4v) is 2.71. The van der Waals surface area contributed by atoms with Crippen molar-refractivity contribution < 1.29 is 19.7 Å². The van der Waals surface area contributed by atoms with E-state index in [9.17, 15) is 14.0 Å². The first kappa shape index (κ1) is 17.2. The van der Waals surface area contributed by atoms with E-state index in [2.05, 4.69) is 16.4 Å². The van der Waals surface area contributed by atoms with Gasteiger partial charge in [-0.1, -0.05) is 13.0 Å². The first-order valence-electron chi connectivity index (χ1n) is 7.92. The number of carbonyl (C=O) groups is 2. The predicted octanol–water partition coefficient (Wildman–Crippen LogP) is 0.816. The first-order chi connectivity index (χ1) is 11.0. The summed E-state index contributed by atoms with van der Waals surface area (Å²) in [5.74, 6) is -0.957. The van der Waals surface area contributed by atoms with Crippen LogP contribution in [-0.2, 0) is 4.79 Å². The average Bonchev–Trinajstić information content (AvgIpc) is 2.52. The van der Waals surface area contributed by atoms with Gasteiger partial charge in [0.1, 0.15) is 11.9 Å². The van der Waals surface area contributed by atoms with Crippen LogP contribution in [0.3, 0.4) is 0 Å². The molecule has 1 heterocycles. The molecule has 0 aromatic heterocycles. The maximum absolute atomic E-state index is 13.2. The summed E-state index contributed by atoms with van der Waals surface area (Å²) in [5, 5.41) is 5.53. The zero-order valence-corrected chi connectivity index (χ0v) is 13.3. The molecule has 0 spiro atoms. The highest BCUT2D eigenvalue weighted by Crippen LogP contribution is 2.18. The fourth-order valence-electron chi connectivity index (χ4n) is 2.71. The molecule has 0 aliphatic carbocycles. The minimum Gasteiger partial charge on any atom is -0.354 e. The van der Waals surface area contributed by atoms with Gasteiger partial charge in [0, 0.05) is 25.2 Å². The first-order valence-corrected chi connectivity index (χ1v) is 7.92. The van der Waals surface area contributed by atoms with E-state index < -0.39 is 5.82 Å². The minimum absolute atomic E-state index is 0.000569. The Bertz CT molecular complexity index is 567. The molecule has 0 radical (unpaired) electrons. The largest absolute Gasteiger partial charge is 0.354 e. The summed E-state index contributed by atoms with van der Waals surface area (Å²) in [4.78, 5) is 26.1.